The second kappa shape index (κ2) is 9.87. The zero-order valence-corrected chi connectivity index (χ0v) is 17.7. The van der Waals surface area contributed by atoms with Crippen LogP contribution in [0.4, 0.5) is 4.39 Å². The van der Waals surface area contributed by atoms with Crippen LogP contribution in [0.5, 0.6) is 5.75 Å². The average molecular weight is 430 g/mol. The summed E-state index contributed by atoms with van der Waals surface area (Å²) in [5.41, 5.74) is 3.50. The van der Waals surface area contributed by atoms with Crippen LogP contribution in [0.15, 0.2) is 79.3 Å². The molecule has 0 aliphatic rings. The molecular weight excluding hydrogens is 407 g/mol. The van der Waals surface area contributed by atoms with Gasteiger partial charge in [-0.3, -0.25) is 14.5 Å². The number of aromatic nitrogens is 3. The molecule has 0 spiro atoms. The third-order valence-corrected chi connectivity index (χ3v) is 5.09. The molecule has 0 aliphatic heterocycles. The molecule has 0 atom stereocenters. The number of hydrogen-bond donors (Lipinski definition) is 1. The molecule has 2 aromatic heterocycles. The number of benzene rings is 2. The van der Waals surface area contributed by atoms with E-state index in [9.17, 15) is 9.18 Å². The van der Waals surface area contributed by atoms with E-state index in [1.807, 2.05) is 42.6 Å². The van der Waals surface area contributed by atoms with Crippen LogP contribution in [0.25, 0.3) is 22.4 Å². The van der Waals surface area contributed by atoms with Crippen molar-refractivity contribution in [1.29, 1.82) is 0 Å². The summed E-state index contributed by atoms with van der Waals surface area (Å²) < 4.78 is 21.5. The maximum absolute atomic E-state index is 14.5. The van der Waals surface area contributed by atoms with Crippen molar-refractivity contribution in [1.82, 2.24) is 20.1 Å². The van der Waals surface area contributed by atoms with Crippen LogP contribution in [0, 0.1) is 5.82 Å². The Bertz CT molecular complexity index is 1210. The summed E-state index contributed by atoms with van der Waals surface area (Å²) in [7, 11) is 1.59. The quantitative estimate of drug-likeness (QED) is 0.457. The minimum absolute atomic E-state index is 0.106. The highest BCUT2D eigenvalue weighted by Gasteiger charge is 2.16. The molecule has 2 heterocycles. The first-order valence-corrected chi connectivity index (χ1v) is 10.3. The molecule has 1 N–H and O–H groups in total. The predicted octanol–water partition coefficient (Wildman–Crippen LogP) is 4.12. The number of amides is 1. The fourth-order valence-corrected chi connectivity index (χ4v) is 3.53. The van der Waals surface area contributed by atoms with Gasteiger partial charge in [-0.2, -0.15) is 5.10 Å². The second-order valence-electron chi connectivity index (χ2n) is 7.21. The van der Waals surface area contributed by atoms with Gasteiger partial charge in [0.25, 0.3) is 0 Å². The number of hydrogen-bond acceptors (Lipinski definition) is 4. The number of carbonyl (C=O) groups excluding carboxylic acids is 1. The lowest BCUT2D eigenvalue weighted by Gasteiger charge is -2.09. The first-order chi connectivity index (χ1) is 15.7. The third kappa shape index (κ3) is 4.83. The maximum atomic E-state index is 14.5. The number of nitrogens with one attached hydrogen (secondary N) is 1. The lowest BCUT2D eigenvalue weighted by molar-refractivity contribution is -0.120. The largest absolute Gasteiger partial charge is 0.496 e. The molecule has 4 aromatic rings. The fraction of sp³-hybridized carbons (Fsp3) is 0.160. The summed E-state index contributed by atoms with van der Waals surface area (Å²) in [6.45, 7) is 0.840. The molecule has 0 radical (unpaired) electrons. The second-order valence-corrected chi connectivity index (χ2v) is 7.21. The van der Waals surface area contributed by atoms with Crippen LogP contribution < -0.4 is 10.1 Å². The number of halogens is 1. The van der Waals surface area contributed by atoms with E-state index in [1.165, 1.54) is 6.07 Å². The van der Waals surface area contributed by atoms with Crippen LogP contribution in [0.2, 0.25) is 0 Å². The first-order valence-electron chi connectivity index (χ1n) is 10.3. The van der Waals surface area contributed by atoms with E-state index in [0.29, 0.717) is 30.1 Å². The van der Waals surface area contributed by atoms with Crippen molar-refractivity contribution in [3.63, 3.8) is 0 Å². The molecule has 0 bridgehead atoms. The minimum atomic E-state index is -0.335. The third-order valence-electron chi connectivity index (χ3n) is 5.09. The van der Waals surface area contributed by atoms with E-state index in [4.69, 9.17) is 4.74 Å². The minimum Gasteiger partial charge on any atom is -0.496 e. The Labute approximate surface area is 185 Å². The van der Waals surface area contributed by atoms with E-state index >= 15 is 0 Å². The van der Waals surface area contributed by atoms with Crippen LogP contribution in [0.3, 0.4) is 0 Å². The van der Waals surface area contributed by atoms with E-state index < -0.39 is 0 Å². The number of carbonyl (C=O) groups is 1. The number of methoxy groups -OCH3 is 1. The normalized spacial score (nSPS) is 10.7. The Morgan fingerprint density at radius 1 is 1.03 bits per heavy atom. The molecule has 4 rings (SSSR count). The molecule has 2 aromatic carbocycles. The number of rotatable bonds is 8. The Hall–Kier alpha value is -4.00. The number of nitrogens with zero attached hydrogens (tertiary/aromatic N) is 3. The van der Waals surface area contributed by atoms with Gasteiger partial charge >= 0.3 is 0 Å². The standard InChI is InChI=1S/C25H23FN4O2/c1-32-23-9-5-2-6-19(23)16-24(31)28-14-15-30-17-21(18-10-12-27-13-11-18)25(29-30)20-7-3-4-8-22(20)26/h2-13,17H,14-16H2,1H3,(H,28,31). The zero-order valence-electron chi connectivity index (χ0n) is 17.7. The molecule has 0 saturated heterocycles. The number of para-hydroxylation sites is 1. The summed E-state index contributed by atoms with van der Waals surface area (Å²) in [5, 5.41) is 7.52. The molecule has 162 valence electrons. The summed E-state index contributed by atoms with van der Waals surface area (Å²) in [5.74, 6) is 0.245. The summed E-state index contributed by atoms with van der Waals surface area (Å²) in [4.78, 5) is 16.4. The molecule has 0 fully saturated rings. The van der Waals surface area contributed by atoms with Crippen molar-refractivity contribution in [3.05, 3.63) is 90.6 Å². The van der Waals surface area contributed by atoms with Gasteiger partial charge in [0.1, 0.15) is 17.3 Å². The van der Waals surface area contributed by atoms with Crippen LogP contribution >= 0.6 is 0 Å². The van der Waals surface area contributed by atoms with Crippen molar-refractivity contribution in [2.75, 3.05) is 13.7 Å². The summed E-state index contributed by atoms with van der Waals surface area (Å²) >= 11 is 0. The lowest BCUT2D eigenvalue weighted by atomic mass is 10.0. The van der Waals surface area contributed by atoms with Crippen LogP contribution in [-0.2, 0) is 17.8 Å². The van der Waals surface area contributed by atoms with E-state index in [-0.39, 0.29) is 18.1 Å². The first kappa shape index (κ1) is 21.2. The monoisotopic (exact) mass is 430 g/mol. The van der Waals surface area contributed by atoms with Crippen molar-refractivity contribution in [3.8, 4) is 28.1 Å². The molecule has 1 amide bonds. The van der Waals surface area contributed by atoms with E-state index in [1.54, 1.807) is 42.4 Å². The number of pyridine rings is 1. The van der Waals surface area contributed by atoms with Gasteiger partial charge in [0.2, 0.25) is 5.91 Å². The molecule has 32 heavy (non-hydrogen) atoms. The lowest BCUT2D eigenvalue weighted by Crippen LogP contribution is -2.28. The Morgan fingerprint density at radius 3 is 2.56 bits per heavy atom. The van der Waals surface area contributed by atoms with Gasteiger partial charge in [0.15, 0.2) is 0 Å². The molecular formula is C25H23FN4O2. The molecule has 6 nitrogen and oxygen atoms in total. The van der Waals surface area contributed by atoms with Crippen molar-refractivity contribution in [2.45, 2.75) is 13.0 Å². The highest BCUT2D eigenvalue weighted by molar-refractivity contribution is 5.80. The van der Waals surface area contributed by atoms with Crippen molar-refractivity contribution < 1.29 is 13.9 Å². The smallest absolute Gasteiger partial charge is 0.224 e. The topological polar surface area (TPSA) is 69.0 Å². The van der Waals surface area contributed by atoms with Gasteiger partial charge in [0.05, 0.1) is 20.1 Å². The summed E-state index contributed by atoms with van der Waals surface area (Å²) in [6, 6.07) is 17.7. The average Bonchev–Trinajstić information content (AvgIpc) is 3.24. The Balaban J connectivity index is 1.48. The summed E-state index contributed by atoms with van der Waals surface area (Å²) in [6.07, 6.45) is 5.47. The van der Waals surface area contributed by atoms with Crippen molar-refractivity contribution in [2.24, 2.45) is 0 Å². The van der Waals surface area contributed by atoms with Gasteiger partial charge in [-0.15, -0.1) is 0 Å². The van der Waals surface area contributed by atoms with Crippen LogP contribution in [0.1, 0.15) is 5.56 Å². The predicted molar refractivity (Wildman–Crippen MR) is 121 cm³/mol. The Morgan fingerprint density at radius 2 is 1.78 bits per heavy atom. The fourth-order valence-electron chi connectivity index (χ4n) is 3.53. The zero-order chi connectivity index (χ0) is 22.3. The SMILES string of the molecule is COc1ccccc1CC(=O)NCCn1cc(-c2ccncc2)c(-c2ccccc2F)n1. The highest BCUT2D eigenvalue weighted by atomic mass is 19.1. The molecule has 0 aliphatic carbocycles. The van der Waals surface area contributed by atoms with Gasteiger partial charge in [-0.25, -0.2) is 4.39 Å². The van der Waals surface area contributed by atoms with E-state index in [2.05, 4.69) is 15.4 Å². The van der Waals surface area contributed by atoms with Gasteiger partial charge in [-0.05, 0) is 35.9 Å². The van der Waals surface area contributed by atoms with Crippen molar-refractivity contribution >= 4 is 5.91 Å². The molecule has 7 heteroatoms. The molecule has 0 saturated carbocycles. The van der Waals surface area contributed by atoms with Gasteiger partial charge in [-0.1, -0.05) is 30.3 Å². The highest BCUT2D eigenvalue weighted by Crippen LogP contribution is 2.32. The van der Waals surface area contributed by atoms with Crippen LogP contribution in [-0.4, -0.2) is 34.3 Å². The molecule has 0 unspecified atom stereocenters. The Kier molecular flexibility index (Phi) is 6.55. The number of ether oxygens (including phenoxy) is 1. The maximum Gasteiger partial charge on any atom is 0.224 e. The van der Waals surface area contributed by atoms with Gasteiger partial charge in [0, 0.05) is 41.8 Å². The van der Waals surface area contributed by atoms with Gasteiger partial charge < -0.3 is 10.1 Å². The van der Waals surface area contributed by atoms with E-state index in [0.717, 1.165) is 16.7 Å².